The number of hydrogen-bond acceptors (Lipinski definition) is 4. The number of sulfone groups is 1. The third-order valence-electron chi connectivity index (χ3n) is 4.90. The quantitative estimate of drug-likeness (QED) is 0.864. The van der Waals surface area contributed by atoms with E-state index in [2.05, 4.69) is 31.0 Å². The molecular weight excluding hydrogens is 272 g/mol. The van der Waals surface area contributed by atoms with Crippen molar-refractivity contribution >= 4 is 9.84 Å². The van der Waals surface area contributed by atoms with Crippen molar-refractivity contribution in [1.29, 1.82) is 0 Å². The SMILES string of the molecule is CC(C)(C)N1CCC(NC2CCCC2S(C)(=O)=O)CC1. The molecule has 2 unspecified atom stereocenters. The van der Waals surface area contributed by atoms with Gasteiger partial charge >= 0.3 is 0 Å². The van der Waals surface area contributed by atoms with Crippen LogP contribution in [0.25, 0.3) is 0 Å². The first-order valence-corrected chi connectivity index (χ1v) is 9.83. The Morgan fingerprint density at radius 3 is 2.15 bits per heavy atom. The number of hydrogen-bond donors (Lipinski definition) is 1. The van der Waals surface area contributed by atoms with Gasteiger partial charge in [-0.05, 0) is 46.5 Å². The van der Waals surface area contributed by atoms with Crippen LogP contribution in [-0.2, 0) is 9.84 Å². The highest BCUT2D eigenvalue weighted by Gasteiger charge is 2.36. The Balaban J connectivity index is 1.87. The Morgan fingerprint density at radius 1 is 1.05 bits per heavy atom. The van der Waals surface area contributed by atoms with Gasteiger partial charge in [0.1, 0.15) is 0 Å². The lowest BCUT2D eigenvalue weighted by molar-refractivity contribution is 0.0940. The predicted octanol–water partition coefficient (Wildman–Crippen LogP) is 1.80. The molecule has 0 aromatic rings. The van der Waals surface area contributed by atoms with E-state index >= 15 is 0 Å². The van der Waals surface area contributed by atoms with E-state index in [9.17, 15) is 8.42 Å². The van der Waals surface area contributed by atoms with Gasteiger partial charge in [0.2, 0.25) is 0 Å². The van der Waals surface area contributed by atoms with Gasteiger partial charge in [0.05, 0.1) is 5.25 Å². The van der Waals surface area contributed by atoms with E-state index in [1.54, 1.807) is 0 Å². The molecule has 1 N–H and O–H groups in total. The molecule has 2 atom stereocenters. The van der Waals surface area contributed by atoms with E-state index < -0.39 is 9.84 Å². The zero-order chi connectivity index (χ0) is 15.0. The van der Waals surface area contributed by atoms with Gasteiger partial charge in [-0.2, -0.15) is 0 Å². The van der Waals surface area contributed by atoms with Crippen molar-refractivity contribution < 1.29 is 8.42 Å². The fourth-order valence-corrected chi connectivity index (χ4v) is 5.06. The van der Waals surface area contributed by atoms with Gasteiger partial charge in [0.25, 0.3) is 0 Å². The smallest absolute Gasteiger partial charge is 0.151 e. The fraction of sp³-hybridized carbons (Fsp3) is 1.00. The third kappa shape index (κ3) is 3.95. The minimum atomic E-state index is -2.91. The lowest BCUT2D eigenvalue weighted by Gasteiger charge is -2.42. The maximum atomic E-state index is 11.8. The number of likely N-dealkylation sites (tertiary alicyclic amines) is 1. The Kier molecular flexibility index (Phi) is 4.82. The van der Waals surface area contributed by atoms with Crippen molar-refractivity contribution in [1.82, 2.24) is 10.2 Å². The molecule has 0 aromatic heterocycles. The predicted molar refractivity (Wildman–Crippen MR) is 83.8 cm³/mol. The van der Waals surface area contributed by atoms with Crippen molar-refractivity contribution in [3.8, 4) is 0 Å². The van der Waals surface area contributed by atoms with Gasteiger partial charge < -0.3 is 5.32 Å². The van der Waals surface area contributed by atoms with Gasteiger partial charge in [-0.1, -0.05) is 6.42 Å². The molecule has 20 heavy (non-hydrogen) atoms. The molecule has 1 aliphatic heterocycles. The molecule has 1 heterocycles. The summed E-state index contributed by atoms with van der Waals surface area (Å²) < 4.78 is 23.6. The number of nitrogens with zero attached hydrogens (tertiary/aromatic N) is 1. The summed E-state index contributed by atoms with van der Waals surface area (Å²) in [6.45, 7) is 9.00. The molecule has 1 saturated heterocycles. The Morgan fingerprint density at radius 2 is 1.65 bits per heavy atom. The van der Waals surface area contributed by atoms with Gasteiger partial charge in [0.15, 0.2) is 9.84 Å². The summed E-state index contributed by atoms with van der Waals surface area (Å²) in [5.74, 6) is 0. The average Bonchev–Trinajstić information content (AvgIpc) is 2.76. The van der Waals surface area contributed by atoms with E-state index in [0.717, 1.165) is 45.2 Å². The lowest BCUT2D eigenvalue weighted by Crippen LogP contribution is -2.53. The standard InChI is InChI=1S/C15H30N2O2S/c1-15(2,3)17-10-8-12(9-11-17)16-13-6-5-7-14(13)20(4,18)19/h12-14,16H,5-11H2,1-4H3. The minimum absolute atomic E-state index is 0.164. The van der Waals surface area contributed by atoms with E-state index in [0.29, 0.717) is 6.04 Å². The van der Waals surface area contributed by atoms with Crippen LogP contribution in [0.15, 0.2) is 0 Å². The van der Waals surface area contributed by atoms with Crippen LogP contribution in [0.2, 0.25) is 0 Å². The van der Waals surface area contributed by atoms with Crippen molar-refractivity contribution in [2.45, 2.75) is 75.7 Å². The number of nitrogens with one attached hydrogen (secondary N) is 1. The van der Waals surface area contributed by atoms with Crippen molar-refractivity contribution in [3.63, 3.8) is 0 Å². The molecule has 5 heteroatoms. The van der Waals surface area contributed by atoms with Gasteiger partial charge in [-0.25, -0.2) is 8.42 Å². The van der Waals surface area contributed by atoms with Crippen LogP contribution in [0.3, 0.4) is 0 Å². The Labute approximate surface area is 124 Å². The van der Waals surface area contributed by atoms with E-state index in [1.807, 2.05) is 0 Å². The summed E-state index contributed by atoms with van der Waals surface area (Å²) >= 11 is 0. The zero-order valence-corrected chi connectivity index (χ0v) is 14.2. The molecule has 2 aliphatic rings. The average molecular weight is 302 g/mol. The number of rotatable bonds is 3. The molecular formula is C15H30N2O2S. The molecule has 1 aliphatic carbocycles. The second-order valence-corrected chi connectivity index (χ2v) is 9.77. The molecule has 4 nitrogen and oxygen atoms in total. The molecule has 0 radical (unpaired) electrons. The van der Waals surface area contributed by atoms with Crippen LogP contribution in [0.1, 0.15) is 52.9 Å². The molecule has 0 amide bonds. The maximum absolute atomic E-state index is 11.8. The van der Waals surface area contributed by atoms with E-state index in [4.69, 9.17) is 0 Å². The first kappa shape index (κ1) is 16.2. The molecule has 2 rings (SSSR count). The normalized spacial score (nSPS) is 30.8. The molecule has 0 spiro atoms. The molecule has 0 aromatic carbocycles. The van der Waals surface area contributed by atoms with E-state index in [1.165, 1.54) is 6.26 Å². The second-order valence-electron chi connectivity index (χ2n) is 7.50. The highest BCUT2D eigenvalue weighted by atomic mass is 32.2. The van der Waals surface area contributed by atoms with Crippen LogP contribution in [0.4, 0.5) is 0 Å². The lowest BCUT2D eigenvalue weighted by atomic mass is 9.97. The van der Waals surface area contributed by atoms with Crippen molar-refractivity contribution in [2.75, 3.05) is 19.3 Å². The largest absolute Gasteiger partial charge is 0.310 e. The Bertz CT molecular complexity index is 420. The van der Waals surface area contributed by atoms with Crippen LogP contribution in [-0.4, -0.2) is 55.5 Å². The fourth-order valence-electron chi connectivity index (χ4n) is 3.65. The van der Waals surface area contributed by atoms with Crippen LogP contribution in [0.5, 0.6) is 0 Å². The minimum Gasteiger partial charge on any atom is -0.310 e. The highest BCUT2D eigenvalue weighted by molar-refractivity contribution is 7.91. The maximum Gasteiger partial charge on any atom is 0.151 e. The molecule has 2 fully saturated rings. The molecule has 0 bridgehead atoms. The van der Waals surface area contributed by atoms with Crippen LogP contribution < -0.4 is 5.32 Å². The summed E-state index contributed by atoms with van der Waals surface area (Å²) in [6.07, 6.45) is 6.53. The third-order valence-corrected chi connectivity index (χ3v) is 6.56. The summed E-state index contributed by atoms with van der Waals surface area (Å²) in [5, 5.41) is 3.48. The highest BCUT2D eigenvalue weighted by Crippen LogP contribution is 2.27. The number of piperidine rings is 1. The topological polar surface area (TPSA) is 49.4 Å². The van der Waals surface area contributed by atoms with Crippen LogP contribution in [0, 0.1) is 0 Å². The summed E-state index contributed by atoms with van der Waals surface area (Å²) in [5.41, 5.74) is 0.244. The summed E-state index contributed by atoms with van der Waals surface area (Å²) in [6, 6.07) is 0.664. The first-order valence-electron chi connectivity index (χ1n) is 7.88. The molecule has 1 saturated carbocycles. The van der Waals surface area contributed by atoms with E-state index in [-0.39, 0.29) is 16.8 Å². The van der Waals surface area contributed by atoms with Gasteiger partial charge in [-0.3, -0.25) is 4.90 Å². The monoisotopic (exact) mass is 302 g/mol. The zero-order valence-electron chi connectivity index (χ0n) is 13.4. The first-order chi connectivity index (χ1) is 9.18. The Hall–Kier alpha value is -0.130. The summed E-state index contributed by atoms with van der Waals surface area (Å²) in [4.78, 5) is 2.52. The second kappa shape index (κ2) is 5.93. The molecule has 118 valence electrons. The summed E-state index contributed by atoms with van der Waals surface area (Å²) in [7, 11) is -2.91. The van der Waals surface area contributed by atoms with Gasteiger partial charge in [0, 0.05) is 37.0 Å². The van der Waals surface area contributed by atoms with Crippen molar-refractivity contribution in [3.05, 3.63) is 0 Å². The van der Waals surface area contributed by atoms with Crippen molar-refractivity contribution in [2.24, 2.45) is 0 Å². The van der Waals surface area contributed by atoms with Gasteiger partial charge in [-0.15, -0.1) is 0 Å². The van der Waals surface area contributed by atoms with Crippen LogP contribution >= 0.6 is 0 Å².